The molecule has 3 atom stereocenters. The van der Waals surface area contributed by atoms with Gasteiger partial charge in [0.1, 0.15) is 23.4 Å². The minimum Gasteiger partial charge on any atom is -0.489 e. The molecule has 8 nitrogen and oxygen atoms in total. The minimum atomic E-state index is -3.64. The molecule has 0 aromatic heterocycles. The summed E-state index contributed by atoms with van der Waals surface area (Å²) in [4.78, 5) is 0. The highest BCUT2D eigenvalue weighted by atomic mass is 31.2. The average molecular weight is 515 g/mol. The molecule has 0 amide bonds. The highest BCUT2D eigenvalue weighted by molar-refractivity contribution is 7.54. The van der Waals surface area contributed by atoms with E-state index in [9.17, 15) is 4.57 Å². The summed E-state index contributed by atoms with van der Waals surface area (Å²) in [5, 5.41) is 9.51. The van der Waals surface area contributed by atoms with E-state index in [-0.39, 0.29) is 11.9 Å². The molecule has 1 aliphatic heterocycles. The Morgan fingerprint density at radius 3 is 2.37 bits per heavy atom. The van der Waals surface area contributed by atoms with Crippen molar-refractivity contribution >= 4 is 32.9 Å². The molecule has 0 aliphatic carbocycles. The summed E-state index contributed by atoms with van der Waals surface area (Å²) >= 11 is 0. The maximum Gasteiger partial charge on any atom is 0.374 e. The lowest BCUT2D eigenvalue weighted by Crippen LogP contribution is -2.19. The zero-order valence-corrected chi connectivity index (χ0v) is 22.0. The molecule has 4 rings (SSSR count). The molecule has 3 aromatic rings. The van der Waals surface area contributed by atoms with Gasteiger partial charge >= 0.3 is 7.60 Å². The Morgan fingerprint density at radius 1 is 1.06 bits per heavy atom. The van der Waals surface area contributed by atoms with Crippen LogP contribution in [-0.4, -0.2) is 50.6 Å². The summed E-state index contributed by atoms with van der Waals surface area (Å²) in [6.45, 7) is 4.16. The Bertz CT molecular complexity index is 1230. The van der Waals surface area contributed by atoms with Crippen LogP contribution < -0.4 is 15.2 Å². The molecule has 3 N–H and O–H groups in total. The first kappa shape index (κ1) is 25.6. The maximum atomic E-state index is 13.4. The number of nitrogen functional groups attached to an aromatic ring is 1. The number of ether oxygens (including phenoxy) is 2. The zero-order valence-electron chi connectivity index (χ0n) is 20.1. The number of benzene rings is 3. The third-order valence-electron chi connectivity index (χ3n) is 6.10. The first-order valence-corrected chi connectivity index (χ1v) is 14.4. The maximum absolute atomic E-state index is 13.4. The van der Waals surface area contributed by atoms with Crippen molar-refractivity contribution in [1.29, 1.82) is 5.41 Å². The van der Waals surface area contributed by atoms with Crippen LogP contribution in [0.5, 0.6) is 11.5 Å². The van der Waals surface area contributed by atoms with Gasteiger partial charge in [-0.2, -0.15) is 0 Å². The molecule has 3 aromatic carbocycles. The molecular formula is C25H31N3O5P2. The van der Waals surface area contributed by atoms with Gasteiger partial charge in [-0.3, -0.25) is 14.6 Å². The lowest BCUT2D eigenvalue weighted by Gasteiger charge is -2.26. The SMILES string of the molecule is COP(=O)(OC)C(Oc1ccc2ccc(C(=N)N)cc2c1)c1ccc(OC2CCN(PC)C2)cc1. The van der Waals surface area contributed by atoms with Gasteiger partial charge in [-0.1, -0.05) is 39.1 Å². The third kappa shape index (κ3) is 5.85. The van der Waals surface area contributed by atoms with Gasteiger partial charge < -0.3 is 24.3 Å². The number of hydrogen-bond acceptors (Lipinski definition) is 7. The third-order valence-corrected chi connectivity index (χ3v) is 9.13. The number of nitrogens with one attached hydrogen (secondary N) is 1. The van der Waals surface area contributed by atoms with E-state index in [2.05, 4.69) is 11.3 Å². The fraction of sp³-hybridized carbons (Fsp3) is 0.320. The topological polar surface area (TPSA) is 107 Å². The van der Waals surface area contributed by atoms with Gasteiger partial charge in [0.25, 0.3) is 0 Å². The Labute approximate surface area is 207 Å². The smallest absolute Gasteiger partial charge is 0.374 e. The van der Waals surface area contributed by atoms with Crippen molar-refractivity contribution in [3.05, 3.63) is 71.8 Å². The Morgan fingerprint density at radius 2 is 1.74 bits per heavy atom. The number of nitrogens with two attached hydrogens (primary N) is 1. The molecule has 10 heteroatoms. The second-order valence-corrected chi connectivity index (χ2v) is 11.6. The van der Waals surface area contributed by atoms with Crippen molar-refractivity contribution in [2.75, 3.05) is 34.0 Å². The fourth-order valence-electron chi connectivity index (χ4n) is 4.11. The summed E-state index contributed by atoms with van der Waals surface area (Å²) in [7, 11) is -0.169. The van der Waals surface area contributed by atoms with Crippen LogP contribution in [0.1, 0.15) is 23.4 Å². The van der Waals surface area contributed by atoms with Gasteiger partial charge in [0.05, 0.1) is 0 Å². The average Bonchev–Trinajstić information content (AvgIpc) is 3.34. The Hall–Kier alpha value is -2.47. The van der Waals surface area contributed by atoms with Crippen LogP contribution in [0.15, 0.2) is 60.7 Å². The predicted molar refractivity (Wildman–Crippen MR) is 141 cm³/mol. The molecule has 1 fully saturated rings. The highest BCUT2D eigenvalue weighted by Gasteiger charge is 2.38. The van der Waals surface area contributed by atoms with E-state index in [1.165, 1.54) is 14.2 Å². The second-order valence-electron chi connectivity index (χ2n) is 8.28. The summed E-state index contributed by atoms with van der Waals surface area (Å²) in [5.74, 6) is 0.251. The van der Waals surface area contributed by atoms with E-state index < -0.39 is 13.4 Å². The largest absolute Gasteiger partial charge is 0.489 e. The standard InChI is InChI=1S/C25H31N3O5P2/c1-30-35(29,31-2)25(18-7-9-21(10-8-18)32-23-12-13-28(16-23)34-3)33-22-11-6-17-4-5-19(24(26)27)14-20(17)15-22/h4-11,14-15,23,25,34H,12-13,16H2,1-3H3,(H3,26,27). The minimum absolute atomic E-state index is 0.0119. The van der Waals surface area contributed by atoms with Crippen molar-refractivity contribution in [2.45, 2.75) is 18.4 Å². The van der Waals surface area contributed by atoms with Crippen molar-refractivity contribution in [1.82, 2.24) is 4.67 Å². The van der Waals surface area contributed by atoms with Crippen LogP contribution in [0.3, 0.4) is 0 Å². The van der Waals surface area contributed by atoms with Crippen molar-refractivity contribution in [3.8, 4) is 11.5 Å². The summed E-state index contributed by atoms with van der Waals surface area (Å²) in [6.07, 6.45) is 1.17. The van der Waals surface area contributed by atoms with Crippen LogP contribution >= 0.6 is 16.3 Å². The first-order chi connectivity index (χ1) is 16.8. The number of fused-ring (bicyclic) bond motifs is 1. The van der Waals surface area contributed by atoms with Gasteiger partial charge in [-0.25, -0.2) is 0 Å². The van der Waals surface area contributed by atoms with E-state index in [0.717, 1.165) is 44.8 Å². The first-order valence-electron chi connectivity index (χ1n) is 11.3. The molecule has 0 radical (unpaired) electrons. The fourth-order valence-corrected chi connectivity index (χ4v) is 6.17. The number of rotatable bonds is 10. The molecule has 1 aliphatic rings. The predicted octanol–water partition coefficient (Wildman–Crippen LogP) is 5.36. The van der Waals surface area contributed by atoms with E-state index in [0.29, 0.717) is 16.9 Å². The van der Waals surface area contributed by atoms with Crippen LogP contribution in [-0.2, 0) is 13.6 Å². The van der Waals surface area contributed by atoms with E-state index in [1.54, 1.807) is 12.1 Å². The summed E-state index contributed by atoms with van der Waals surface area (Å²) < 4.78 is 38.8. The lowest BCUT2D eigenvalue weighted by molar-refractivity contribution is 0.191. The molecule has 0 spiro atoms. The lowest BCUT2D eigenvalue weighted by atomic mass is 10.1. The van der Waals surface area contributed by atoms with Crippen LogP contribution in [0.4, 0.5) is 0 Å². The number of nitrogens with zero attached hydrogens (tertiary/aromatic N) is 1. The van der Waals surface area contributed by atoms with Crippen molar-refractivity contribution in [3.63, 3.8) is 0 Å². The van der Waals surface area contributed by atoms with Crippen LogP contribution in [0, 0.1) is 5.41 Å². The monoisotopic (exact) mass is 515 g/mol. The Kier molecular flexibility index (Phi) is 8.10. The number of hydrogen-bond donors (Lipinski definition) is 2. The summed E-state index contributed by atoms with van der Waals surface area (Å²) in [6, 6.07) is 18.4. The normalized spacial score (nSPS) is 17.7. The van der Waals surface area contributed by atoms with E-state index in [4.69, 9.17) is 29.7 Å². The molecule has 1 heterocycles. The van der Waals surface area contributed by atoms with Gasteiger partial charge in [0.15, 0.2) is 0 Å². The molecule has 1 saturated heterocycles. The van der Waals surface area contributed by atoms with Gasteiger partial charge in [-0.15, -0.1) is 0 Å². The van der Waals surface area contributed by atoms with Gasteiger partial charge in [-0.05, 0) is 54.2 Å². The molecule has 186 valence electrons. The highest BCUT2D eigenvalue weighted by Crippen LogP contribution is 2.60. The second kappa shape index (κ2) is 11.1. The van der Waals surface area contributed by atoms with Gasteiger partial charge in [0.2, 0.25) is 5.85 Å². The van der Waals surface area contributed by atoms with Crippen LogP contribution in [0.2, 0.25) is 0 Å². The van der Waals surface area contributed by atoms with Crippen LogP contribution in [0.25, 0.3) is 10.8 Å². The molecule has 3 unspecified atom stereocenters. The molecule has 0 bridgehead atoms. The van der Waals surface area contributed by atoms with Gasteiger partial charge in [0, 0.05) is 38.4 Å². The quantitative estimate of drug-likeness (QED) is 0.213. The van der Waals surface area contributed by atoms with Crippen molar-refractivity contribution in [2.24, 2.45) is 5.73 Å². The van der Waals surface area contributed by atoms with Crippen molar-refractivity contribution < 1.29 is 23.1 Å². The molecular weight excluding hydrogens is 484 g/mol. The Balaban J connectivity index is 1.59. The number of amidine groups is 1. The summed E-state index contributed by atoms with van der Waals surface area (Å²) in [5.41, 5.74) is 6.90. The zero-order chi connectivity index (χ0) is 25.0. The van der Waals surface area contributed by atoms with E-state index >= 15 is 0 Å². The molecule has 0 saturated carbocycles. The van der Waals surface area contributed by atoms with E-state index in [1.807, 2.05) is 48.5 Å². The molecule has 35 heavy (non-hydrogen) atoms.